The molecule has 1 N–H and O–H groups in total. The van der Waals surface area contributed by atoms with Crippen LogP contribution in [0.25, 0.3) is 0 Å². The molecule has 2 rings (SSSR count). The number of carbonyl (C=O) groups is 1. The van der Waals surface area contributed by atoms with Crippen molar-refractivity contribution < 1.29 is 4.79 Å². The zero-order valence-electron chi connectivity index (χ0n) is 10.1. The van der Waals surface area contributed by atoms with Crippen LogP contribution in [0.1, 0.15) is 26.2 Å². The molecule has 3 nitrogen and oxygen atoms in total. The van der Waals surface area contributed by atoms with Gasteiger partial charge in [0.2, 0.25) is 5.91 Å². The van der Waals surface area contributed by atoms with Gasteiger partial charge in [0.15, 0.2) is 0 Å². The lowest BCUT2D eigenvalue weighted by Gasteiger charge is -2.31. The fourth-order valence-electron chi connectivity index (χ4n) is 2.48. The maximum absolute atomic E-state index is 12.3. The summed E-state index contributed by atoms with van der Waals surface area (Å²) in [6.07, 6.45) is 3.38. The van der Waals surface area contributed by atoms with Gasteiger partial charge in [-0.3, -0.25) is 4.79 Å². The molecule has 2 unspecified atom stereocenters. The van der Waals surface area contributed by atoms with E-state index in [-0.39, 0.29) is 6.04 Å². The summed E-state index contributed by atoms with van der Waals surface area (Å²) in [5.41, 5.74) is 0. The van der Waals surface area contributed by atoms with Gasteiger partial charge in [-0.2, -0.15) is 11.8 Å². The van der Waals surface area contributed by atoms with E-state index in [9.17, 15) is 4.79 Å². The van der Waals surface area contributed by atoms with E-state index in [1.165, 1.54) is 12.2 Å². The highest BCUT2D eigenvalue weighted by molar-refractivity contribution is 7.99. The van der Waals surface area contributed by atoms with Crippen LogP contribution in [0.5, 0.6) is 0 Å². The van der Waals surface area contributed by atoms with E-state index < -0.39 is 0 Å². The summed E-state index contributed by atoms with van der Waals surface area (Å²) >= 11 is 1.97. The van der Waals surface area contributed by atoms with Crippen molar-refractivity contribution in [1.29, 1.82) is 0 Å². The maximum atomic E-state index is 12.3. The van der Waals surface area contributed by atoms with E-state index in [1.807, 2.05) is 11.8 Å². The Labute approximate surface area is 102 Å². The van der Waals surface area contributed by atoms with Gasteiger partial charge in [0, 0.05) is 18.8 Å². The van der Waals surface area contributed by atoms with Crippen molar-refractivity contribution in [2.45, 2.75) is 32.2 Å². The summed E-state index contributed by atoms with van der Waals surface area (Å²) < 4.78 is 0. The number of hydrogen-bond donors (Lipinski definition) is 1. The Morgan fingerprint density at radius 1 is 1.38 bits per heavy atom. The molecular weight excluding hydrogens is 220 g/mol. The Balaban J connectivity index is 1.89. The van der Waals surface area contributed by atoms with Crippen LogP contribution < -0.4 is 5.32 Å². The summed E-state index contributed by atoms with van der Waals surface area (Å²) in [6.45, 7) is 5.15. The van der Waals surface area contributed by atoms with E-state index in [0.29, 0.717) is 11.8 Å². The van der Waals surface area contributed by atoms with Crippen LogP contribution in [0.15, 0.2) is 0 Å². The van der Waals surface area contributed by atoms with E-state index in [4.69, 9.17) is 0 Å². The number of nitrogens with one attached hydrogen (secondary N) is 1. The van der Waals surface area contributed by atoms with Crippen LogP contribution in [-0.2, 0) is 4.79 Å². The largest absolute Gasteiger partial charge is 0.340 e. The predicted molar refractivity (Wildman–Crippen MR) is 68.7 cm³/mol. The normalized spacial score (nSPS) is 32.2. The molecule has 0 spiro atoms. The van der Waals surface area contributed by atoms with Gasteiger partial charge in [0.1, 0.15) is 0 Å². The molecule has 0 aliphatic carbocycles. The molecule has 2 heterocycles. The minimum Gasteiger partial charge on any atom is -0.340 e. The van der Waals surface area contributed by atoms with Crippen LogP contribution in [0.2, 0.25) is 0 Å². The molecule has 0 bridgehead atoms. The molecule has 2 saturated heterocycles. The van der Waals surface area contributed by atoms with Crippen LogP contribution in [0, 0.1) is 5.92 Å². The lowest BCUT2D eigenvalue weighted by molar-refractivity contribution is -0.134. The molecule has 0 aromatic rings. The fraction of sp³-hybridized carbons (Fsp3) is 0.917. The second kappa shape index (κ2) is 5.92. The van der Waals surface area contributed by atoms with Crippen molar-refractivity contribution in [3.05, 3.63) is 0 Å². The van der Waals surface area contributed by atoms with Gasteiger partial charge in [-0.15, -0.1) is 0 Å². The first-order chi connectivity index (χ1) is 7.77. The minimum atomic E-state index is 0.0897. The van der Waals surface area contributed by atoms with Gasteiger partial charge in [0.05, 0.1) is 6.04 Å². The van der Waals surface area contributed by atoms with Gasteiger partial charge in [-0.05, 0) is 37.5 Å². The van der Waals surface area contributed by atoms with Crippen LogP contribution in [0.3, 0.4) is 0 Å². The molecule has 0 aromatic heterocycles. The first-order valence-electron chi connectivity index (χ1n) is 6.37. The Kier molecular flexibility index (Phi) is 4.53. The molecule has 1 amide bonds. The third kappa shape index (κ3) is 3.14. The van der Waals surface area contributed by atoms with E-state index in [0.717, 1.165) is 38.2 Å². The molecule has 4 heteroatoms. The molecule has 2 aliphatic rings. The van der Waals surface area contributed by atoms with Crippen molar-refractivity contribution in [3.8, 4) is 0 Å². The van der Waals surface area contributed by atoms with Crippen molar-refractivity contribution in [2.75, 3.05) is 31.1 Å². The zero-order chi connectivity index (χ0) is 11.4. The van der Waals surface area contributed by atoms with Gasteiger partial charge in [-0.25, -0.2) is 0 Å². The van der Waals surface area contributed by atoms with Crippen molar-refractivity contribution in [2.24, 2.45) is 5.92 Å². The topological polar surface area (TPSA) is 32.3 Å². The molecule has 92 valence electrons. The number of rotatable bonds is 1. The summed E-state index contributed by atoms with van der Waals surface area (Å²) in [7, 11) is 0. The van der Waals surface area contributed by atoms with Crippen molar-refractivity contribution in [3.63, 3.8) is 0 Å². The Bertz CT molecular complexity index is 235. The van der Waals surface area contributed by atoms with Crippen molar-refractivity contribution in [1.82, 2.24) is 10.2 Å². The quantitative estimate of drug-likeness (QED) is 0.753. The molecule has 0 radical (unpaired) electrons. The second-order valence-electron chi connectivity index (χ2n) is 4.93. The number of nitrogens with zero attached hydrogens (tertiary/aromatic N) is 1. The number of amides is 1. The van der Waals surface area contributed by atoms with Crippen LogP contribution >= 0.6 is 11.8 Å². The molecule has 2 atom stereocenters. The highest BCUT2D eigenvalue weighted by Crippen LogP contribution is 2.18. The Morgan fingerprint density at radius 2 is 2.25 bits per heavy atom. The van der Waals surface area contributed by atoms with Gasteiger partial charge in [0.25, 0.3) is 0 Å². The highest BCUT2D eigenvalue weighted by Gasteiger charge is 2.28. The number of carbonyl (C=O) groups excluding carboxylic acids is 1. The number of piperidine rings is 1. The van der Waals surface area contributed by atoms with Gasteiger partial charge in [-0.1, -0.05) is 6.92 Å². The first kappa shape index (κ1) is 12.2. The Morgan fingerprint density at radius 3 is 3.06 bits per heavy atom. The SMILES string of the molecule is CC1CCNC(C(=O)N2CCCSCC2)C1. The average Bonchev–Trinajstić information content (AvgIpc) is 2.56. The zero-order valence-corrected chi connectivity index (χ0v) is 10.9. The molecule has 16 heavy (non-hydrogen) atoms. The standard InChI is InChI=1S/C12H22N2OS/c1-10-3-4-13-11(9-10)12(15)14-5-2-7-16-8-6-14/h10-11,13H,2-9H2,1H3. The van der Waals surface area contributed by atoms with Crippen LogP contribution in [-0.4, -0.2) is 48.0 Å². The summed E-state index contributed by atoms with van der Waals surface area (Å²) in [5.74, 6) is 3.34. The van der Waals surface area contributed by atoms with Crippen LogP contribution in [0.4, 0.5) is 0 Å². The number of hydrogen-bond acceptors (Lipinski definition) is 3. The average molecular weight is 242 g/mol. The molecule has 2 aliphatic heterocycles. The van der Waals surface area contributed by atoms with E-state index in [2.05, 4.69) is 17.1 Å². The van der Waals surface area contributed by atoms with E-state index in [1.54, 1.807) is 0 Å². The van der Waals surface area contributed by atoms with Gasteiger partial charge >= 0.3 is 0 Å². The van der Waals surface area contributed by atoms with Gasteiger partial charge < -0.3 is 10.2 Å². The molecular formula is C12H22N2OS. The summed E-state index contributed by atoms with van der Waals surface area (Å²) in [6, 6.07) is 0.0897. The number of thioether (sulfide) groups is 1. The predicted octanol–water partition coefficient (Wildman–Crippen LogP) is 1.34. The second-order valence-corrected chi connectivity index (χ2v) is 6.15. The first-order valence-corrected chi connectivity index (χ1v) is 7.53. The summed E-state index contributed by atoms with van der Waals surface area (Å²) in [4.78, 5) is 14.4. The Hall–Kier alpha value is -0.220. The maximum Gasteiger partial charge on any atom is 0.239 e. The molecule has 2 fully saturated rings. The summed E-state index contributed by atoms with van der Waals surface area (Å²) in [5, 5.41) is 3.37. The highest BCUT2D eigenvalue weighted by atomic mass is 32.2. The fourth-order valence-corrected chi connectivity index (χ4v) is 3.37. The smallest absolute Gasteiger partial charge is 0.239 e. The van der Waals surface area contributed by atoms with E-state index >= 15 is 0 Å². The minimum absolute atomic E-state index is 0.0897. The van der Waals surface area contributed by atoms with Crippen molar-refractivity contribution >= 4 is 17.7 Å². The lowest BCUT2D eigenvalue weighted by Crippen LogP contribution is -2.50. The third-order valence-electron chi connectivity index (χ3n) is 3.50. The third-order valence-corrected chi connectivity index (χ3v) is 4.55. The monoisotopic (exact) mass is 242 g/mol. The molecule has 0 saturated carbocycles. The molecule has 0 aromatic carbocycles. The lowest BCUT2D eigenvalue weighted by atomic mass is 9.93.